The largest absolute Gasteiger partial charge is 0.492 e. The first-order chi connectivity index (χ1) is 10.3. The van der Waals surface area contributed by atoms with Crippen LogP contribution < -0.4 is 10.5 Å². The number of ether oxygens (including phenoxy) is 1. The molecular weight excluding hydrogens is 433 g/mol. The Morgan fingerprint density at radius 2 is 2.05 bits per heavy atom. The number of nitrogen functional groups attached to an aromatic ring is 1. The fraction of sp³-hybridized carbons (Fsp3) is 0.0769. The van der Waals surface area contributed by atoms with Crippen molar-refractivity contribution in [3.63, 3.8) is 0 Å². The molecule has 0 spiro atoms. The number of halogens is 4. The third-order valence-corrected chi connectivity index (χ3v) is 4.21. The van der Waals surface area contributed by atoms with Gasteiger partial charge in [0.1, 0.15) is 5.69 Å². The highest BCUT2D eigenvalue weighted by Crippen LogP contribution is 2.37. The molecule has 0 unspecified atom stereocenters. The van der Waals surface area contributed by atoms with Crippen molar-refractivity contribution in [2.45, 2.75) is 0 Å². The summed E-state index contributed by atoms with van der Waals surface area (Å²) in [5, 5.41) is 9.07. The molecule has 0 amide bonds. The highest BCUT2D eigenvalue weighted by atomic mass is 127. The number of carboxylic acid groups (broad SMARTS) is 1. The van der Waals surface area contributed by atoms with Crippen LogP contribution in [0.4, 0.5) is 14.5 Å². The third kappa shape index (κ3) is 2.68. The number of aromatic nitrogens is 1. The molecule has 2 rings (SSSR count). The summed E-state index contributed by atoms with van der Waals surface area (Å²) in [7, 11) is 1.20. The number of benzene rings is 1. The van der Waals surface area contributed by atoms with Crippen LogP contribution in [0.2, 0.25) is 5.02 Å². The minimum atomic E-state index is -1.40. The van der Waals surface area contributed by atoms with Gasteiger partial charge in [0.25, 0.3) is 0 Å². The zero-order valence-corrected chi connectivity index (χ0v) is 13.9. The van der Waals surface area contributed by atoms with E-state index in [-0.39, 0.29) is 19.9 Å². The van der Waals surface area contributed by atoms with E-state index in [4.69, 9.17) is 27.2 Å². The molecule has 1 aromatic heterocycles. The van der Waals surface area contributed by atoms with Gasteiger partial charge in [-0.25, -0.2) is 18.6 Å². The Balaban J connectivity index is 2.81. The first-order valence-electron chi connectivity index (χ1n) is 5.69. The van der Waals surface area contributed by atoms with E-state index >= 15 is 0 Å². The fourth-order valence-electron chi connectivity index (χ4n) is 1.78. The number of rotatable bonds is 3. The number of hydrogen-bond acceptors (Lipinski definition) is 4. The molecule has 9 heteroatoms. The Bertz CT molecular complexity index is 787. The van der Waals surface area contributed by atoms with Gasteiger partial charge in [0.05, 0.1) is 21.4 Å². The van der Waals surface area contributed by atoms with Gasteiger partial charge in [0.2, 0.25) is 0 Å². The average Bonchev–Trinajstić information content (AvgIpc) is 2.46. The zero-order chi connectivity index (χ0) is 16.6. The van der Waals surface area contributed by atoms with Crippen LogP contribution in [0.15, 0.2) is 12.1 Å². The average molecular weight is 441 g/mol. The van der Waals surface area contributed by atoms with Gasteiger partial charge in [0.15, 0.2) is 23.1 Å². The quantitative estimate of drug-likeness (QED) is 0.713. The van der Waals surface area contributed by atoms with E-state index in [0.717, 1.165) is 0 Å². The van der Waals surface area contributed by atoms with Crippen molar-refractivity contribution in [2.24, 2.45) is 0 Å². The van der Waals surface area contributed by atoms with Crippen molar-refractivity contribution < 1.29 is 23.4 Å². The van der Waals surface area contributed by atoms with Gasteiger partial charge in [0, 0.05) is 5.56 Å². The zero-order valence-electron chi connectivity index (χ0n) is 11.0. The summed E-state index contributed by atoms with van der Waals surface area (Å²) < 4.78 is 33.4. The van der Waals surface area contributed by atoms with Gasteiger partial charge in [-0.15, -0.1) is 0 Å². The predicted molar refractivity (Wildman–Crippen MR) is 85.2 cm³/mol. The molecule has 5 nitrogen and oxygen atoms in total. The summed E-state index contributed by atoms with van der Waals surface area (Å²) in [6, 6.07) is 2.46. The molecule has 0 fully saturated rings. The van der Waals surface area contributed by atoms with Crippen molar-refractivity contribution in [3.8, 4) is 17.0 Å². The van der Waals surface area contributed by atoms with E-state index in [1.165, 1.54) is 19.2 Å². The minimum Gasteiger partial charge on any atom is -0.492 e. The van der Waals surface area contributed by atoms with E-state index in [0.29, 0.717) is 0 Å². The molecule has 1 heterocycles. The van der Waals surface area contributed by atoms with Gasteiger partial charge in [-0.3, -0.25) is 0 Å². The number of hydrogen-bond donors (Lipinski definition) is 2. The van der Waals surface area contributed by atoms with Crippen LogP contribution in [-0.4, -0.2) is 23.2 Å². The number of nitrogens with zero attached hydrogens (tertiary/aromatic N) is 1. The number of anilines is 1. The second-order valence-electron chi connectivity index (χ2n) is 4.10. The molecule has 0 aliphatic heterocycles. The topological polar surface area (TPSA) is 85.4 Å². The molecule has 2 aromatic rings. The van der Waals surface area contributed by atoms with Crippen molar-refractivity contribution in [2.75, 3.05) is 12.8 Å². The van der Waals surface area contributed by atoms with Crippen LogP contribution in [-0.2, 0) is 0 Å². The normalized spacial score (nSPS) is 10.6. The fourth-order valence-corrected chi connectivity index (χ4v) is 2.60. The smallest absolute Gasteiger partial charge is 0.355 e. The molecule has 0 saturated heterocycles. The van der Waals surface area contributed by atoms with Crippen LogP contribution in [0.25, 0.3) is 11.3 Å². The predicted octanol–water partition coefficient (Wildman–Crippen LogP) is 3.57. The van der Waals surface area contributed by atoms with Gasteiger partial charge in [-0.2, -0.15) is 0 Å². The van der Waals surface area contributed by atoms with Crippen LogP contribution >= 0.6 is 34.2 Å². The summed E-state index contributed by atoms with van der Waals surface area (Å²) in [4.78, 5) is 14.8. The first kappa shape index (κ1) is 16.7. The van der Waals surface area contributed by atoms with Crippen LogP contribution in [0.1, 0.15) is 10.5 Å². The van der Waals surface area contributed by atoms with E-state index in [1.807, 2.05) is 0 Å². The van der Waals surface area contributed by atoms with Crippen molar-refractivity contribution in [1.29, 1.82) is 0 Å². The highest BCUT2D eigenvalue weighted by molar-refractivity contribution is 14.1. The maximum Gasteiger partial charge on any atom is 0.355 e. The number of carboxylic acids is 1. The lowest BCUT2D eigenvalue weighted by Gasteiger charge is -2.12. The number of nitrogens with two attached hydrogens (primary N) is 1. The molecule has 0 bridgehead atoms. The molecule has 0 aliphatic carbocycles. The first-order valence-corrected chi connectivity index (χ1v) is 7.15. The number of pyridine rings is 1. The lowest BCUT2D eigenvalue weighted by molar-refractivity contribution is 0.0689. The van der Waals surface area contributed by atoms with Crippen LogP contribution in [0.3, 0.4) is 0 Å². The Labute approximate surface area is 142 Å². The lowest BCUT2D eigenvalue weighted by atomic mass is 10.1. The second kappa shape index (κ2) is 6.21. The molecule has 1 aromatic carbocycles. The Morgan fingerprint density at radius 3 is 2.59 bits per heavy atom. The summed E-state index contributed by atoms with van der Waals surface area (Å²) in [5.74, 6) is -3.68. The molecule has 116 valence electrons. The lowest BCUT2D eigenvalue weighted by Crippen LogP contribution is -2.11. The number of methoxy groups -OCH3 is 1. The molecular formula is C13H8ClF2IN2O3. The Kier molecular flexibility index (Phi) is 4.71. The van der Waals surface area contributed by atoms with Gasteiger partial charge >= 0.3 is 5.97 Å². The van der Waals surface area contributed by atoms with Crippen LogP contribution in [0, 0.1) is 15.2 Å². The summed E-state index contributed by atoms with van der Waals surface area (Å²) >= 11 is 7.33. The maximum absolute atomic E-state index is 14.4. The highest BCUT2D eigenvalue weighted by Gasteiger charge is 2.24. The molecule has 3 N–H and O–H groups in total. The molecule has 22 heavy (non-hydrogen) atoms. The summed E-state index contributed by atoms with van der Waals surface area (Å²) in [6.07, 6.45) is 0. The van der Waals surface area contributed by atoms with Gasteiger partial charge in [-0.1, -0.05) is 11.6 Å². The third-order valence-electron chi connectivity index (χ3n) is 2.82. The Hall–Kier alpha value is -1.68. The number of aromatic carboxylic acids is 1. The molecule has 0 atom stereocenters. The molecule has 0 saturated carbocycles. The molecule has 0 radical (unpaired) electrons. The minimum absolute atomic E-state index is 0.0129. The summed E-state index contributed by atoms with van der Waals surface area (Å²) in [5.41, 5.74) is 3.83. The summed E-state index contributed by atoms with van der Waals surface area (Å²) in [6.45, 7) is 0. The second-order valence-corrected chi connectivity index (χ2v) is 5.58. The van der Waals surface area contributed by atoms with Gasteiger partial charge < -0.3 is 15.6 Å². The SMILES string of the molecule is COc1c(Cl)ccc(-c2nc(C(=O)O)c(I)c(N)c2F)c1F. The van der Waals surface area contributed by atoms with Crippen LogP contribution in [0.5, 0.6) is 5.75 Å². The van der Waals surface area contributed by atoms with E-state index in [9.17, 15) is 13.6 Å². The van der Waals surface area contributed by atoms with Crippen molar-refractivity contribution in [1.82, 2.24) is 4.98 Å². The number of carbonyl (C=O) groups is 1. The van der Waals surface area contributed by atoms with E-state index < -0.39 is 34.7 Å². The van der Waals surface area contributed by atoms with Gasteiger partial charge in [-0.05, 0) is 34.7 Å². The van der Waals surface area contributed by atoms with Crippen molar-refractivity contribution in [3.05, 3.63) is 38.1 Å². The monoisotopic (exact) mass is 440 g/mol. The standard InChI is InChI=1S/C13H8ClF2IN2O3/c1-22-12-5(14)3-2-4(6(12)15)10-7(16)9(18)8(17)11(19-10)13(20)21/h2-3H,1H3,(H2,18,19)(H,20,21). The van der Waals surface area contributed by atoms with E-state index in [1.54, 1.807) is 22.6 Å². The maximum atomic E-state index is 14.4. The van der Waals surface area contributed by atoms with Crippen molar-refractivity contribution >= 4 is 45.8 Å². The Morgan fingerprint density at radius 1 is 1.41 bits per heavy atom. The molecule has 0 aliphatic rings. The van der Waals surface area contributed by atoms with E-state index in [2.05, 4.69) is 4.98 Å².